The number of nitrogens with one attached hydrogen (secondary N) is 2. The first-order valence-corrected chi connectivity index (χ1v) is 11.0. The zero-order chi connectivity index (χ0) is 21.3. The van der Waals surface area contributed by atoms with E-state index in [0.717, 1.165) is 0 Å². The van der Waals surface area contributed by atoms with Crippen LogP contribution in [0, 0.1) is 18.7 Å². The molecule has 2 N–H and O–H groups in total. The van der Waals surface area contributed by atoms with Crippen LogP contribution in [0.4, 0.5) is 10.1 Å². The smallest absolute Gasteiger partial charge is 0.276 e. The summed E-state index contributed by atoms with van der Waals surface area (Å²) in [6.07, 6.45) is 2.33. The number of amides is 1. The first-order chi connectivity index (χ1) is 14.3. The van der Waals surface area contributed by atoms with Gasteiger partial charge in [-0.3, -0.25) is 9.89 Å². The fraction of sp³-hybridized carbons (Fsp3) is 0.300. The van der Waals surface area contributed by atoms with Gasteiger partial charge in [0.05, 0.1) is 0 Å². The lowest BCUT2D eigenvalue weighted by Crippen LogP contribution is -2.41. The number of sulfonamides is 1. The first kappa shape index (κ1) is 20.3. The normalized spacial score (nSPS) is 15.9. The molecule has 158 valence electrons. The van der Waals surface area contributed by atoms with E-state index in [1.165, 1.54) is 22.5 Å². The monoisotopic (exact) mass is 432 g/mol. The Labute approximate surface area is 173 Å². The molecule has 0 radical (unpaired) electrons. The molecule has 0 unspecified atom stereocenters. The van der Waals surface area contributed by atoms with E-state index in [2.05, 4.69) is 15.5 Å². The molecule has 0 spiro atoms. The van der Waals surface area contributed by atoms with Crippen LogP contribution in [-0.2, 0) is 14.8 Å². The molecule has 0 atom stereocenters. The Hall–Kier alpha value is -2.98. The molecule has 10 heteroatoms. The summed E-state index contributed by atoms with van der Waals surface area (Å²) in [5, 5.41) is 9.19. The van der Waals surface area contributed by atoms with Crippen molar-refractivity contribution in [1.82, 2.24) is 14.5 Å². The lowest BCUT2D eigenvalue weighted by Gasteiger charge is -2.29. The van der Waals surface area contributed by atoms with E-state index < -0.39 is 10.0 Å². The minimum atomic E-state index is -3.79. The number of hydrogen-bond donors (Lipinski definition) is 2. The average Bonchev–Trinajstić information content (AvgIpc) is 3.43. The Kier molecular flexibility index (Phi) is 5.44. The number of furan rings is 1. The number of aromatic amines is 1. The average molecular weight is 432 g/mol. The summed E-state index contributed by atoms with van der Waals surface area (Å²) in [6, 6.07) is 9.06. The van der Waals surface area contributed by atoms with Crippen molar-refractivity contribution in [3.63, 3.8) is 0 Å². The summed E-state index contributed by atoms with van der Waals surface area (Å²) < 4.78 is 46.0. The molecular formula is C20H21FN4O4S. The molecule has 3 heterocycles. The molecule has 1 amide bonds. The van der Waals surface area contributed by atoms with E-state index in [1.54, 1.807) is 31.3 Å². The van der Waals surface area contributed by atoms with Gasteiger partial charge in [0.1, 0.15) is 11.5 Å². The topological polar surface area (TPSA) is 108 Å². The van der Waals surface area contributed by atoms with Crippen molar-refractivity contribution in [1.29, 1.82) is 0 Å². The van der Waals surface area contributed by atoms with Gasteiger partial charge in [-0.05, 0) is 61.7 Å². The number of piperidine rings is 1. The van der Waals surface area contributed by atoms with E-state index >= 15 is 0 Å². The molecule has 4 rings (SSSR count). The minimum Gasteiger partial charge on any atom is -0.442 e. The number of hydrogen-bond acceptors (Lipinski definition) is 5. The second-order valence-corrected chi connectivity index (χ2v) is 9.09. The van der Waals surface area contributed by atoms with E-state index in [1.807, 2.05) is 0 Å². The molecule has 2 aromatic heterocycles. The maximum absolute atomic E-state index is 13.4. The predicted molar refractivity (Wildman–Crippen MR) is 108 cm³/mol. The highest BCUT2D eigenvalue weighted by Crippen LogP contribution is 2.28. The third kappa shape index (κ3) is 4.01. The van der Waals surface area contributed by atoms with Crippen LogP contribution in [0.5, 0.6) is 0 Å². The number of anilines is 1. The lowest BCUT2D eigenvalue weighted by atomic mass is 9.97. The molecule has 30 heavy (non-hydrogen) atoms. The van der Waals surface area contributed by atoms with Crippen molar-refractivity contribution in [3.05, 3.63) is 54.0 Å². The molecular weight excluding hydrogens is 411 g/mol. The van der Waals surface area contributed by atoms with Gasteiger partial charge in [0, 0.05) is 30.9 Å². The van der Waals surface area contributed by atoms with Crippen LogP contribution in [0.15, 0.2) is 52.1 Å². The van der Waals surface area contributed by atoms with Crippen molar-refractivity contribution in [2.24, 2.45) is 5.92 Å². The van der Waals surface area contributed by atoms with Crippen LogP contribution < -0.4 is 5.32 Å². The van der Waals surface area contributed by atoms with Gasteiger partial charge in [-0.15, -0.1) is 0 Å². The van der Waals surface area contributed by atoms with Crippen molar-refractivity contribution in [2.45, 2.75) is 24.9 Å². The SMILES string of the molecule is Cc1cc(NC(=O)C2CCN(S(=O)(=O)c3ccc(-c4ccn[nH]4)o3)CC2)ccc1F. The third-order valence-corrected chi connectivity index (χ3v) is 6.96. The molecule has 1 aliphatic rings. The molecule has 3 aromatic rings. The zero-order valence-electron chi connectivity index (χ0n) is 16.3. The number of rotatable bonds is 5. The van der Waals surface area contributed by atoms with Gasteiger partial charge in [0.2, 0.25) is 11.0 Å². The summed E-state index contributed by atoms with van der Waals surface area (Å²) in [4.78, 5) is 12.5. The second-order valence-electron chi connectivity index (χ2n) is 7.22. The summed E-state index contributed by atoms with van der Waals surface area (Å²) in [6.45, 7) is 2.05. The molecule has 1 saturated heterocycles. The van der Waals surface area contributed by atoms with Crippen molar-refractivity contribution < 1.29 is 22.0 Å². The number of halogens is 1. The van der Waals surface area contributed by atoms with Crippen molar-refractivity contribution in [2.75, 3.05) is 18.4 Å². The van der Waals surface area contributed by atoms with Gasteiger partial charge in [0.25, 0.3) is 10.0 Å². The van der Waals surface area contributed by atoms with Crippen molar-refractivity contribution in [3.8, 4) is 11.5 Å². The van der Waals surface area contributed by atoms with E-state index in [-0.39, 0.29) is 35.8 Å². The van der Waals surface area contributed by atoms with Gasteiger partial charge in [0.15, 0.2) is 5.76 Å². The van der Waals surface area contributed by atoms with Crippen LogP contribution in [0.2, 0.25) is 0 Å². The summed E-state index contributed by atoms with van der Waals surface area (Å²) >= 11 is 0. The molecule has 8 nitrogen and oxygen atoms in total. The third-order valence-electron chi connectivity index (χ3n) is 5.19. The largest absolute Gasteiger partial charge is 0.442 e. The maximum Gasteiger partial charge on any atom is 0.276 e. The molecule has 0 saturated carbocycles. The molecule has 1 aromatic carbocycles. The Morgan fingerprint density at radius 2 is 2.00 bits per heavy atom. The van der Waals surface area contributed by atoms with E-state index in [9.17, 15) is 17.6 Å². The summed E-state index contributed by atoms with van der Waals surface area (Å²) in [5.74, 6) is -0.466. The minimum absolute atomic E-state index is 0.142. The lowest BCUT2D eigenvalue weighted by molar-refractivity contribution is -0.120. The van der Waals surface area contributed by atoms with Gasteiger partial charge < -0.3 is 9.73 Å². The van der Waals surface area contributed by atoms with Crippen LogP contribution in [0.25, 0.3) is 11.5 Å². The van der Waals surface area contributed by atoms with Crippen LogP contribution >= 0.6 is 0 Å². The fourth-order valence-corrected chi connectivity index (χ4v) is 4.83. The molecule has 0 bridgehead atoms. The summed E-state index contributed by atoms with van der Waals surface area (Å²) in [5.41, 5.74) is 1.56. The number of carbonyl (C=O) groups is 1. The Bertz CT molecular complexity index is 1150. The number of carbonyl (C=O) groups excluding carboxylic acids is 1. The number of benzene rings is 1. The molecule has 0 aliphatic carbocycles. The van der Waals surface area contributed by atoms with Crippen LogP contribution in [0.1, 0.15) is 18.4 Å². The fourth-order valence-electron chi connectivity index (χ4n) is 3.45. The highest BCUT2D eigenvalue weighted by atomic mass is 32.2. The van der Waals surface area contributed by atoms with Crippen molar-refractivity contribution >= 4 is 21.6 Å². The summed E-state index contributed by atoms with van der Waals surface area (Å²) in [7, 11) is -3.79. The predicted octanol–water partition coefficient (Wildman–Crippen LogP) is 3.16. The maximum atomic E-state index is 13.4. The van der Waals surface area contributed by atoms with Gasteiger partial charge >= 0.3 is 0 Å². The van der Waals surface area contributed by atoms with E-state index in [0.29, 0.717) is 35.5 Å². The number of aryl methyl sites for hydroxylation is 1. The standard InChI is InChI=1S/C20H21FN4O4S/c1-13-12-15(2-3-16(13)21)23-20(26)14-7-10-25(11-8-14)30(27,28)19-5-4-18(29-19)17-6-9-22-24-17/h2-6,9,12,14H,7-8,10-11H2,1H3,(H,22,24)(H,23,26). The number of aromatic nitrogens is 2. The zero-order valence-corrected chi connectivity index (χ0v) is 17.1. The quantitative estimate of drug-likeness (QED) is 0.644. The van der Waals surface area contributed by atoms with Crippen LogP contribution in [-0.4, -0.2) is 41.9 Å². The highest BCUT2D eigenvalue weighted by Gasteiger charge is 2.34. The van der Waals surface area contributed by atoms with Gasteiger partial charge in [-0.2, -0.15) is 9.40 Å². The van der Waals surface area contributed by atoms with E-state index in [4.69, 9.17) is 4.42 Å². The first-order valence-electron chi connectivity index (χ1n) is 9.51. The van der Waals surface area contributed by atoms with Gasteiger partial charge in [-0.1, -0.05) is 0 Å². The van der Waals surface area contributed by atoms with Gasteiger partial charge in [-0.25, -0.2) is 12.8 Å². The Morgan fingerprint density at radius 3 is 2.67 bits per heavy atom. The Balaban J connectivity index is 1.38. The highest BCUT2D eigenvalue weighted by molar-refractivity contribution is 7.89. The number of nitrogens with zero attached hydrogens (tertiary/aromatic N) is 2. The molecule has 1 fully saturated rings. The number of H-pyrrole nitrogens is 1. The Morgan fingerprint density at radius 1 is 1.23 bits per heavy atom. The second kappa shape index (κ2) is 8.04. The molecule has 1 aliphatic heterocycles. The van der Waals surface area contributed by atoms with Crippen LogP contribution in [0.3, 0.4) is 0 Å².